The normalized spacial score (nSPS) is 18.7. The van der Waals surface area contributed by atoms with Crippen LogP contribution in [0.3, 0.4) is 0 Å². The van der Waals surface area contributed by atoms with Crippen LogP contribution in [-0.2, 0) is 35.0 Å². The Bertz CT molecular complexity index is 995. The summed E-state index contributed by atoms with van der Waals surface area (Å²) in [6.07, 6.45) is 0.281. The first-order valence-electron chi connectivity index (χ1n) is 9.94. The predicted octanol–water partition coefficient (Wildman–Crippen LogP) is 2.63. The molecule has 0 bridgehead atoms. The van der Waals surface area contributed by atoms with E-state index in [0.29, 0.717) is 22.6 Å². The second kappa shape index (κ2) is 9.30. The highest BCUT2D eigenvalue weighted by Gasteiger charge is 2.65. The summed E-state index contributed by atoms with van der Waals surface area (Å²) < 4.78 is 25.8. The number of ether oxygens (including phenoxy) is 5. The van der Waals surface area contributed by atoms with Crippen molar-refractivity contribution in [1.82, 2.24) is 0 Å². The van der Waals surface area contributed by atoms with E-state index in [4.69, 9.17) is 23.7 Å². The highest BCUT2D eigenvalue weighted by molar-refractivity contribution is 6.07. The zero-order chi connectivity index (χ0) is 23.5. The zero-order valence-electron chi connectivity index (χ0n) is 18.7. The molecule has 32 heavy (non-hydrogen) atoms. The third kappa shape index (κ3) is 3.55. The fourth-order valence-corrected chi connectivity index (χ4v) is 4.57. The summed E-state index contributed by atoms with van der Waals surface area (Å²) in [7, 11) is 6.59. The van der Waals surface area contributed by atoms with E-state index in [1.165, 1.54) is 28.4 Å². The van der Waals surface area contributed by atoms with Crippen LogP contribution < -0.4 is 9.47 Å². The lowest BCUT2D eigenvalue weighted by Gasteiger charge is -2.44. The highest BCUT2D eigenvalue weighted by atomic mass is 16.6. The third-order valence-electron chi connectivity index (χ3n) is 6.09. The van der Waals surface area contributed by atoms with Crippen LogP contribution in [-0.4, -0.2) is 53.5 Å². The van der Waals surface area contributed by atoms with Crippen molar-refractivity contribution in [2.24, 2.45) is 5.41 Å². The van der Waals surface area contributed by atoms with Gasteiger partial charge in [0, 0.05) is 5.92 Å². The molecular weight excluding hydrogens is 416 g/mol. The predicted molar refractivity (Wildman–Crippen MR) is 114 cm³/mol. The van der Waals surface area contributed by atoms with E-state index in [1.54, 1.807) is 43.5 Å². The number of methoxy groups -OCH3 is 5. The third-order valence-corrected chi connectivity index (χ3v) is 6.09. The lowest BCUT2D eigenvalue weighted by molar-refractivity contribution is -0.179. The van der Waals surface area contributed by atoms with E-state index in [1.807, 2.05) is 6.07 Å². The van der Waals surface area contributed by atoms with Gasteiger partial charge in [-0.25, -0.2) is 0 Å². The van der Waals surface area contributed by atoms with Crippen molar-refractivity contribution in [3.63, 3.8) is 0 Å². The van der Waals surface area contributed by atoms with E-state index in [-0.39, 0.29) is 6.42 Å². The quantitative estimate of drug-likeness (QED) is 0.383. The minimum Gasteiger partial charge on any atom is -0.497 e. The summed E-state index contributed by atoms with van der Waals surface area (Å²) in [5.41, 5.74) is -0.121. The first kappa shape index (κ1) is 23.1. The Labute approximate surface area is 186 Å². The highest BCUT2D eigenvalue weighted by Crippen LogP contribution is 2.56. The molecule has 3 rings (SSSR count). The molecule has 2 aromatic rings. The maximum absolute atomic E-state index is 13.4. The fourth-order valence-electron chi connectivity index (χ4n) is 4.57. The molecule has 170 valence electrons. The van der Waals surface area contributed by atoms with Gasteiger partial charge in [0.1, 0.15) is 17.4 Å². The number of hydrogen-bond acceptors (Lipinski definition) is 8. The van der Waals surface area contributed by atoms with Crippen LogP contribution in [0.25, 0.3) is 0 Å². The largest absolute Gasteiger partial charge is 0.497 e. The molecule has 2 atom stereocenters. The Hall–Kier alpha value is -3.55. The fraction of sp³-hybridized carbons (Fsp3) is 0.375. The molecular formula is C24H26O8. The second-order valence-electron chi connectivity index (χ2n) is 7.40. The summed E-state index contributed by atoms with van der Waals surface area (Å²) in [6.45, 7) is 0. The van der Waals surface area contributed by atoms with Gasteiger partial charge in [0.25, 0.3) is 0 Å². The van der Waals surface area contributed by atoms with Gasteiger partial charge in [-0.3, -0.25) is 14.4 Å². The number of benzene rings is 2. The van der Waals surface area contributed by atoms with Crippen molar-refractivity contribution in [2.45, 2.75) is 18.3 Å². The van der Waals surface area contributed by atoms with Gasteiger partial charge in [-0.15, -0.1) is 0 Å². The molecule has 0 spiro atoms. The van der Waals surface area contributed by atoms with Crippen molar-refractivity contribution < 1.29 is 38.1 Å². The molecule has 0 N–H and O–H groups in total. The molecule has 2 aromatic carbocycles. The molecule has 0 aliphatic heterocycles. The summed E-state index contributed by atoms with van der Waals surface area (Å²) in [6, 6.07) is 12.2. The van der Waals surface area contributed by atoms with Crippen molar-refractivity contribution in [2.75, 3.05) is 35.5 Å². The summed E-state index contributed by atoms with van der Waals surface area (Å²) >= 11 is 0. The average Bonchev–Trinajstić information content (AvgIpc) is 2.85. The molecule has 0 fully saturated rings. The molecule has 0 saturated heterocycles. The van der Waals surface area contributed by atoms with Gasteiger partial charge in [-0.2, -0.15) is 0 Å². The first-order chi connectivity index (χ1) is 15.4. The number of hydrogen-bond donors (Lipinski definition) is 0. The Morgan fingerprint density at radius 1 is 0.781 bits per heavy atom. The van der Waals surface area contributed by atoms with Crippen molar-refractivity contribution in [3.05, 3.63) is 59.2 Å². The van der Waals surface area contributed by atoms with E-state index in [2.05, 4.69) is 0 Å². The van der Waals surface area contributed by atoms with E-state index >= 15 is 0 Å². The molecule has 0 unspecified atom stereocenters. The van der Waals surface area contributed by atoms with Gasteiger partial charge >= 0.3 is 17.9 Å². The molecule has 0 radical (unpaired) electrons. The molecule has 8 nitrogen and oxygen atoms in total. The van der Waals surface area contributed by atoms with Gasteiger partial charge in [0.15, 0.2) is 5.41 Å². The van der Waals surface area contributed by atoms with E-state index < -0.39 is 35.2 Å². The Balaban J connectivity index is 2.38. The lowest BCUT2D eigenvalue weighted by atomic mass is 9.56. The lowest BCUT2D eigenvalue weighted by Crippen LogP contribution is -2.55. The summed E-state index contributed by atoms with van der Waals surface area (Å²) in [5, 5.41) is 0. The van der Waals surface area contributed by atoms with Crippen LogP contribution in [0.1, 0.15) is 28.5 Å². The molecule has 1 aliphatic carbocycles. The van der Waals surface area contributed by atoms with Gasteiger partial charge < -0.3 is 23.7 Å². The summed E-state index contributed by atoms with van der Waals surface area (Å²) in [5.74, 6) is -3.50. The molecule has 0 amide bonds. The van der Waals surface area contributed by atoms with E-state index in [9.17, 15) is 14.4 Å². The molecule has 0 heterocycles. The smallest absolute Gasteiger partial charge is 0.325 e. The Kier molecular flexibility index (Phi) is 6.72. The van der Waals surface area contributed by atoms with Crippen LogP contribution in [0.2, 0.25) is 0 Å². The van der Waals surface area contributed by atoms with Crippen LogP contribution in [0, 0.1) is 5.41 Å². The van der Waals surface area contributed by atoms with E-state index in [0.717, 1.165) is 5.56 Å². The molecule has 0 saturated carbocycles. The van der Waals surface area contributed by atoms with Crippen molar-refractivity contribution in [3.8, 4) is 11.5 Å². The molecule has 1 aliphatic rings. The number of rotatable bonds is 6. The number of fused-ring (bicyclic) bond motifs is 1. The van der Waals surface area contributed by atoms with Crippen molar-refractivity contribution >= 4 is 17.9 Å². The van der Waals surface area contributed by atoms with Crippen LogP contribution in [0.15, 0.2) is 42.5 Å². The van der Waals surface area contributed by atoms with Crippen molar-refractivity contribution in [1.29, 1.82) is 0 Å². The second-order valence-corrected chi connectivity index (χ2v) is 7.40. The monoisotopic (exact) mass is 442 g/mol. The van der Waals surface area contributed by atoms with Gasteiger partial charge in [-0.05, 0) is 47.4 Å². The minimum absolute atomic E-state index is 0.281. The topological polar surface area (TPSA) is 97.4 Å². The van der Waals surface area contributed by atoms with Crippen LogP contribution in [0.4, 0.5) is 0 Å². The zero-order valence-corrected chi connectivity index (χ0v) is 18.7. The van der Waals surface area contributed by atoms with Gasteiger partial charge in [0.05, 0.1) is 35.5 Å². The van der Waals surface area contributed by atoms with Gasteiger partial charge in [-0.1, -0.05) is 18.2 Å². The molecule has 0 aromatic heterocycles. The van der Waals surface area contributed by atoms with Gasteiger partial charge in [0.2, 0.25) is 0 Å². The Morgan fingerprint density at radius 3 is 1.84 bits per heavy atom. The number of carbonyl (C=O) groups is 3. The first-order valence-corrected chi connectivity index (χ1v) is 9.94. The maximum atomic E-state index is 13.4. The Morgan fingerprint density at radius 2 is 1.34 bits per heavy atom. The SMILES string of the molecule is COC(=O)[C@@H]1c2cc(OC)ccc2C[C@@H](c2ccc(OC)cc2)C1(C(=O)OC)C(=O)OC. The van der Waals surface area contributed by atoms with Crippen LogP contribution in [0.5, 0.6) is 11.5 Å². The number of esters is 3. The average molecular weight is 442 g/mol. The number of carbonyl (C=O) groups excluding carboxylic acids is 3. The van der Waals surface area contributed by atoms with Crippen LogP contribution >= 0.6 is 0 Å². The maximum Gasteiger partial charge on any atom is 0.325 e. The summed E-state index contributed by atoms with van der Waals surface area (Å²) in [4.78, 5) is 40.0. The minimum atomic E-state index is -2.01. The molecule has 8 heteroatoms. The standard InChI is InChI=1S/C24H26O8/c1-28-16-9-6-14(7-10-16)19-12-15-8-11-17(29-2)13-18(15)20(21(25)30-3)24(19,22(26)31-4)23(27)32-5/h6-11,13,19-20H,12H2,1-5H3/t19-,20-/m0/s1.